The number of nitrogens with one attached hydrogen (secondary N) is 1. The predicted molar refractivity (Wildman–Crippen MR) is 111 cm³/mol. The van der Waals surface area contributed by atoms with Crippen molar-refractivity contribution in [1.29, 1.82) is 0 Å². The lowest BCUT2D eigenvalue weighted by Gasteiger charge is -2.21. The summed E-state index contributed by atoms with van der Waals surface area (Å²) >= 11 is 1.69. The quantitative estimate of drug-likeness (QED) is 0.278. The Labute approximate surface area is 165 Å². The molecule has 0 unspecified atom stereocenters. The zero-order valence-electron chi connectivity index (χ0n) is 14.6. The Balaban J connectivity index is 0.00000288. The van der Waals surface area contributed by atoms with Gasteiger partial charge >= 0.3 is 0 Å². The van der Waals surface area contributed by atoms with Crippen LogP contribution in [0, 0.1) is 6.92 Å². The number of nitrogens with zero attached hydrogens (tertiary/aromatic N) is 3. The van der Waals surface area contributed by atoms with Gasteiger partial charge in [0, 0.05) is 31.9 Å². The summed E-state index contributed by atoms with van der Waals surface area (Å²) in [5.41, 5.74) is 1.09. The third-order valence-corrected chi connectivity index (χ3v) is 4.26. The number of thiazole rings is 1. The summed E-state index contributed by atoms with van der Waals surface area (Å²) in [6.07, 6.45) is 4.82. The summed E-state index contributed by atoms with van der Waals surface area (Å²) < 4.78 is 5.37. The van der Waals surface area contributed by atoms with E-state index >= 15 is 0 Å². The molecule has 0 spiro atoms. The van der Waals surface area contributed by atoms with E-state index in [0.29, 0.717) is 0 Å². The maximum Gasteiger partial charge on any atom is 0.194 e. The summed E-state index contributed by atoms with van der Waals surface area (Å²) in [6, 6.07) is 3.92. The molecule has 0 atom stereocenters. The van der Waals surface area contributed by atoms with E-state index in [-0.39, 0.29) is 24.0 Å². The van der Waals surface area contributed by atoms with E-state index in [1.807, 2.05) is 19.1 Å². The molecule has 0 bridgehead atoms. The predicted octanol–water partition coefficient (Wildman–Crippen LogP) is 4.08. The number of guanidine groups is 1. The second kappa shape index (κ2) is 11.5. The fourth-order valence-corrected chi connectivity index (χ4v) is 2.81. The Hall–Kier alpha value is -1.09. The van der Waals surface area contributed by atoms with Gasteiger partial charge in [-0.2, -0.15) is 0 Å². The Bertz CT molecular complexity index is 598. The van der Waals surface area contributed by atoms with E-state index in [2.05, 4.69) is 34.6 Å². The molecule has 0 saturated carbocycles. The van der Waals surface area contributed by atoms with Crippen LogP contribution in [-0.2, 0) is 13.0 Å². The van der Waals surface area contributed by atoms with Gasteiger partial charge in [-0.25, -0.2) is 4.98 Å². The van der Waals surface area contributed by atoms with Crippen molar-refractivity contribution in [1.82, 2.24) is 15.2 Å². The highest BCUT2D eigenvalue weighted by Crippen LogP contribution is 2.10. The van der Waals surface area contributed by atoms with Gasteiger partial charge in [0.2, 0.25) is 0 Å². The second-order valence-electron chi connectivity index (χ2n) is 5.53. The highest BCUT2D eigenvalue weighted by atomic mass is 127. The number of unbranched alkanes of at least 4 members (excludes halogenated alkanes) is 1. The van der Waals surface area contributed by atoms with Crippen LogP contribution in [0.15, 0.2) is 33.2 Å². The molecule has 2 rings (SSSR count). The van der Waals surface area contributed by atoms with Crippen LogP contribution in [0.2, 0.25) is 0 Å². The van der Waals surface area contributed by atoms with Crippen molar-refractivity contribution in [3.05, 3.63) is 40.2 Å². The number of aromatic nitrogens is 1. The Morgan fingerprint density at radius 1 is 1.46 bits per heavy atom. The van der Waals surface area contributed by atoms with Gasteiger partial charge in [-0.15, -0.1) is 35.3 Å². The van der Waals surface area contributed by atoms with Crippen molar-refractivity contribution in [2.75, 3.05) is 20.1 Å². The van der Waals surface area contributed by atoms with Gasteiger partial charge < -0.3 is 14.6 Å². The first-order valence-corrected chi connectivity index (χ1v) is 9.00. The molecular formula is C17H27IN4OS. The molecule has 0 aliphatic heterocycles. The van der Waals surface area contributed by atoms with Gasteiger partial charge in [0.25, 0.3) is 0 Å². The van der Waals surface area contributed by atoms with E-state index < -0.39 is 0 Å². The van der Waals surface area contributed by atoms with Crippen molar-refractivity contribution < 1.29 is 4.42 Å². The molecular weight excluding hydrogens is 435 g/mol. The highest BCUT2D eigenvalue weighted by molar-refractivity contribution is 14.0. The van der Waals surface area contributed by atoms with Crippen molar-refractivity contribution in [3.8, 4) is 0 Å². The molecule has 1 N–H and O–H groups in total. The van der Waals surface area contributed by atoms with E-state index in [9.17, 15) is 0 Å². The fourth-order valence-electron chi connectivity index (χ4n) is 2.21. The van der Waals surface area contributed by atoms with Crippen LogP contribution in [0.3, 0.4) is 0 Å². The van der Waals surface area contributed by atoms with E-state index in [1.165, 1.54) is 0 Å². The molecule has 2 aromatic heterocycles. The normalized spacial score (nSPS) is 11.2. The largest absolute Gasteiger partial charge is 0.469 e. The number of halogens is 1. The maximum absolute atomic E-state index is 5.37. The van der Waals surface area contributed by atoms with Gasteiger partial charge in [-0.3, -0.25) is 4.99 Å². The Morgan fingerprint density at radius 2 is 2.29 bits per heavy atom. The molecule has 0 saturated heterocycles. The number of hydrogen-bond donors (Lipinski definition) is 1. The van der Waals surface area contributed by atoms with E-state index in [1.54, 1.807) is 17.6 Å². The minimum absolute atomic E-state index is 0. The first-order chi connectivity index (χ1) is 11.2. The number of aryl methyl sites for hydroxylation is 1. The second-order valence-corrected chi connectivity index (χ2v) is 6.59. The number of rotatable bonds is 8. The van der Waals surface area contributed by atoms with Crippen LogP contribution in [0.4, 0.5) is 0 Å². The third-order valence-electron chi connectivity index (χ3n) is 3.44. The molecule has 2 heterocycles. The molecule has 0 fully saturated rings. The lowest BCUT2D eigenvalue weighted by atomic mass is 10.3. The lowest BCUT2D eigenvalue weighted by Crippen LogP contribution is -2.39. The summed E-state index contributed by atoms with van der Waals surface area (Å²) in [5, 5.41) is 6.65. The molecule has 0 aliphatic carbocycles. The number of hydrogen-bond acceptors (Lipinski definition) is 4. The molecule has 5 nitrogen and oxygen atoms in total. The van der Waals surface area contributed by atoms with Crippen molar-refractivity contribution >= 4 is 41.3 Å². The zero-order valence-corrected chi connectivity index (χ0v) is 17.8. The Morgan fingerprint density at radius 3 is 2.92 bits per heavy atom. The van der Waals surface area contributed by atoms with Gasteiger partial charge in [0.05, 0.1) is 23.5 Å². The van der Waals surface area contributed by atoms with Gasteiger partial charge in [0.15, 0.2) is 5.96 Å². The minimum Gasteiger partial charge on any atom is -0.469 e. The molecule has 0 aromatic carbocycles. The SMILES string of the molecule is CCCCN=C(NCCc1ccco1)N(C)Cc1csc(C)n1.I. The Kier molecular flexibility index (Phi) is 10.0. The first kappa shape index (κ1) is 21.0. The van der Waals surface area contributed by atoms with Crippen LogP contribution in [0.5, 0.6) is 0 Å². The molecule has 134 valence electrons. The standard InChI is InChI=1S/C17H26N4OS.HI/c1-4-5-9-18-17(19-10-8-16-7-6-11-22-16)21(3)12-15-13-23-14(2)20-15;/h6-7,11,13H,4-5,8-10,12H2,1-3H3,(H,18,19);1H. The van der Waals surface area contributed by atoms with Crippen LogP contribution in [0.1, 0.15) is 36.2 Å². The van der Waals surface area contributed by atoms with Crippen LogP contribution in [-0.4, -0.2) is 36.0 Å². The molecule has 7 heteroatoms. The molecule has 0 radical (unpaired) electrons. The lowest BCUT2D eigenvalue weighted by molar-refractivity contribution is 0.463. The van der Waals surface area contributed by atoms with Crippen molar-refractivity contribution in [3.63, 3.8) is 0 Å². The molecule has 2 aromatic rings. The van der Waals surface area contributed by atoms with E-state index in [0.717, 1.165) is 61.3 Å². The topological polar surface area (TPSA) is 53.7 Å². The maximum atomic E-state index is 5.37. The summed E-state index contributed by atoms with van der Waals surface area (Å²) in [7, 11) is 2.05. The average Bonchev–Trinajstić information content (AvgIpc) is 3.17. The molecule has 0 aliphatic rings. The monoisotopic (exact) mass is 462 g/mol. The summed E-state index contributed by atoms with van der Waals surface area (Å²) in [5.74, 6) is 1.92. The van der Waals surface area contributed by atoms with Crippen molar-refractivity contribution in [2.45, 2.75) is 39.7 Å². The fraction of sp³-hybridized carbons (Fsp3) is 0.529. The molecule has 24 heavy (non-hydrogen) atoms. The van der Waals surface area contributed by atoms with Crippen LogP contribution >= 0.6 is 35.3 Å². The average molecular weight is 462 g/mol. The highest BCUT2D eigenvalue weighted by Gasteiger charge is 2.09. The van der Waals surface area contributed by atoms with Crippen LogP contribution < -0.4 is 5.32 Å². The number of aliphatic imine (C=N–C) groups is 1. The zero-order chi connectivity index (χ0) is 16.5. The van der Waals surface area contributed by atoms with E-state index in [4.69, 9.17) is 9.41 Å². The van der Waals surface area contributed by atoms with Gasteiger partial charge in [0.1, 0.15) is 5.76 Å². The van der Waals surface area contributed by atoms with Crippen molar-refractivity contribution in [2.24, 2.45) is 4.99 Å². The smallest absolute Gasteiger partial charge is 0.194 e. The van der Waals surface area contributed by atoms with Crippen LogP contribution in [0.25, 0.3) is 0 Å². The summed E-state index contributed by atoms with van der Waals surface area (Å²) in [4.78, 5) is 11.4. The first-order valence-electron chi connectivity index (χ1n) is 8.12. The molecule has 0 amide bonds. The van der Waals surface area contributed by atoms with Gasteiger partial charge in [-0.1, -0.05) is 13.3 Å². The summed E-state index contributed by atoms with van der Waals surface area (Å²) in [6.45, 7) is 6.63. The minimum atomic E-state index is 0. The van der Waals surface area contributed by atoms with Gasteiger partial charge in [-0.05, 0) is 25.5 Å². The third kappa shape index (κ3) is 7.21. The number of furan rings is 1.